The predicted molar refractivity (Wildman–Crippen MR) is 130 cm³/mol. The molecule has 3 unspecified atom stereocenters. The molecule has 0 spiro atoms. The predicted octanol–water partition coefficient (Wildman–Crippen LogP) is 3.67. The number of nitrogens with zero attached hydrogens (tertiary/aromatic N) is 2. The normalized spacial score (nSPS) is 23.5. The van der Waals surface area contributed by atoms with E-state index in [0.717, 1.165) is 24.0 Å². The molecule has 8 nitrogen and oxygen atoms in total. The molecule has 34 heavy (non-hydrogen) atoms. The van der Waals surface area contributed by atoms with E-state index in [-0.39, 0.29) is 24.3 Å². The highest BCUT2D eigenvalue weighted by Gasteiger charge is 2.56. The fraction of sp³-hybridized carbons (Fsp3) is 0.348. The summed E-state index contributed by atoms with van der Waals surface area (Å²) >= 11 is 7.48. The highest BCUT2D eigenvalue weighted by molar-refractivity contribution is 7.84. The minimum Gasteiger partial charge on any atom is -0.366 e. The van der Waals surface area contributed by atoms with Gasteiger partial charge < -0.3 is 5.32 Å². The Labute approximate surface area is 206 Å². The number of carbonyl (C=O) groups excluding carboxylic acids is 1. The average Bonchev–Trinajstić information content (AvgIpc) is 3.14. The summed E-state index contributed by atoms with van der Waals surface area (Å²) in [5.74, 6) is 1.38. The van der Waals surface area contributed by atoms with Crippen LogP contribution in [0.15, 0.2) is 48.2 Å². The van der Waals surface area contributed by atoms with Crippen LogP contribution >= 0.6 is 22.9 Å². The number of nitrogens with two attached hydrogens (primary N) is 1. The smallest absolute Gasteiger partial charge is 0.333 e. The first kappa shape index (κ1) is 23.4. The van der Waals surface area contributed by atoms with Crippen LogP contribution in [0, 0.1) is 17.8 Å². The first-order valence-electron chi connectivity index (χ1n) is 10.9. The van der Waals surface area contributed by atoms with Crippen molar-refractivity contribution < 1.29 is 17.4 Å². The molecule has 4 atom stereocenters. The molecule has 2 heterocycles. The van der Waals surface area contributed by atoms with Crippen LogP contribution in [0.25, 0.3) is 0 Å². The van der Waals surface area contributed by atoms with E-state index in [9.17, 15) is 13.2 Å². The van der Waals surface area contributed by atoms with Gasteiger partial charge in [-0.25, -0.2) is 15.1 Å². The molecule has 3 N–H and O–H groups in total. The summed E-state index contributed by atoms with van der Waals surface area (Å²) in [5, 5.41) is 11.0. The second-order valence-electron chi connectivity index (χ2n) is 8.85. The van der Waals surface area contributed by atoms with Crippen molar-refractivity contribution in [2.75, 3.05) is 11.9 Å². The van der Waals surface area contributed by atoms with Crippen LogP contribution in [0.1, 0.15) is 39.2 Å². The Morgan fingerprint density at radius 3 is 2.76 bits per heavy atom. The van der Waals surface area contributed by atoms with Gasteiger partial charge in [-0.05, 0) is 71.7 Å². The van der Waals surface area contributed by atoms with Crippen molar-refractivity contribution in [3.05, 3.63) is 74.8 Å². The third-order valence-corrected chi connectivity index (χ3v) is 8.12. The molecule has 2 saturated carbocycles. The molecule has 5 rings (SSSR count). The van der Waals surface area contributed by atoms with Crippen molar-refractivity contribution in [3.8, 4) is 0 Å². The van der Waals surface area contributed by atoms with Crippen LogP contribution in [0.2, 0.25) is 5.02 Å². The quantitative estimate of drug-likeness (QED) is 0.414. The molecule has 0 amide bonds. The summed E-state index contributed by atoms with van der Waals surface area (Å²) < 4.78 is 26.7. The van der Waals surface area contributed by atoms with Gasteiger partial charge >= 0.3 is 10.3 Å². The second kappa shape index (κ2) is 9.35. The zero-order valence-electron chi connectivity index (χ0n) is 18.1. The molecule has 0 saturated heterocycles. The molecular formula is C23H23ClN4O4S2. The first-order chi connectivity index (χ1) is 16.3. The zero-order chi connectivity index (χ0) is 23.9. The van der Waals surface area contributed by atoms with Gasteiger partial charge in [0, 0.05) is 17.3 Å². The minimum absolute atomic E-state index is 0.115. The molecule has 2 aliphatic rings. The van der Waals surface area contributed by atoms with E-state index in [4.69, 9.17) is 20.9 Å². The van der Waals surface area contributed by atoms with Gasteiger partial charge in [-0.3, -0.25) is 8.98 Å². The Hall–Kier alpha value is -2.37. The maximum Gasteiger partial charge on any atom is 0.333 e. The fourth-order valence-electron chi connectivity index (χ4n) is 4.87. The Kier molecular flexibility index (Phi) is 6.43. The lowest BCUT2D eigenvalue weighted by Crippen LogP contribution is -2.22. The third-order valence-electron chi connectivity index (χ3n) is 6.45. The molecule has 0 bridgehead atoms. The molecule has 1 aromatic carbocycles. The van der Waals surface area contributed by atoms with E-state index >= 15 is 0 Å². The van der Waals surface area contributed by atoms with E-state index in [2.05, 4.69) is 15.3 Å². The standard InChI is InChI=1S/C23H23ClN4O4S2/c24-16-3-1-2-13(5-16)4-15-8-20(33-11-15)22(29)19-9-26-12-27-23(19)28-21-17-6-14(7-18(17)21)10-32-34(25,30)31/h1-3,5,8-9,11-12,14,17-18,21H,4,6-7,10H2,(H2,25,30,31)(H,26,27,28)/t14?,17-,18?,21?/m1/s1. The van der Waals surface area contributed by atoms with Crippen molar-refractivity contribution in [1.82, 2.24) is 9.97 Å². The Balaban J connectivity index is 1.22. The Morgan fingerprint density at radius 2 is 2.03 bits per heavy atom. The number of nitrogens with one attached hydrogen (secondary N) is 1. The van der Waals surface area contributed by atoms with E-state index in [1.54, 1.807) is 6.20 Å². The lowest BCUT2D eigenvalue weighted by atomic mass is 10.0. The molecule has 2 aliphatic carbocycles. The van der Waals surface area contributed by atoms with Gasteiger partial charge in [-0.2, -0.15) is 8.42 Å². The molecule has 3 aromatic rings. The van der Waals surface area contributed by atoms with E-state index in [1.807, 2.05) is 35.7 Å². The van der Waals surface area contributed by atoms with Crippen molar-refractivity contribution in [1.29, 1.82) is 0 Å². The van der Waals surface area contributed by atoms with Crippen LogP contribution in [0.5, 0.6) is 0 Å². The van der Waals surface area contributed by atoms with Crippen molar-refractivity contribution in [2.24, 2.45) is 22.9 Å². The van der Waals surface area contributed by atoms with Crippen molar-refractivity contribution in [2.45, 2.75) is 25.3 Å². The number of fused-ring (bicyclic) bond motifs is 1. The molecule has 11 heteroatoms. The van der Waals surface area contributed by atoms with Gasteiger partial charge in [0.1, 0.15) is 12.1 Å². The van der Waals surface area contributed by atoms with E-state index in [0.29, 0.717) is 39.5 Å². The van der Waals surface area contributed by atoms with Crippen LogP contribution in [-0.2, 0) is 20.9 Å². The fourth-order valence-corrected chi connectivity index (χ4v) is 6.33. The lowest BCUT2D eigenvalue weighted by Gasteiger charge is -2.15. The van der Waals surface area contributed by atoms with Gasteiger partial charge in [0.05, 0.1) is 17.0 Å². The highest BCUT2D eigenvalue weighted by Crippen LogP contribution is 2.55. The molecule has 2 fully saturated rings. The highest BCUT2D eigenvalue weighted by atomic mass is 35.5. The number of halogens is 1. The monoisotopic (exact) mass is 518 g/mol. The number of rotatable bonds is 9. The number of benzene rings is 1. The number of thiophene rings is 1. The minimum atomic E-state index is -3.91. The van der Waals surface area contributed by atoms with E-state index in [1.165, 1.54) is 17.7 Å². The van der Waals surface area contributed by atoms with Gasteiger partial charge in [0.15, 0.2) is 0 Å². The lowest BCUT2D eigenvalue weighted by molar-refractivity contribution is 0.104. The number of hydrogen-bond donors (Lipinski definition) is 2. The SMILES string of the molecule is NS(=O)(=O)OCC1CC2C(Nc3ncncc3C(=O)c3cc(Cc4cccc(Cl)c4)cs3)[C@@H]2C1. The largest absolute Gasteiger partial charge is 0.366 e. The molecule has 178 valence electrons. The van der Waals surface area contributed by atoms with Crippen LogP contribution in [0.3, 0.4) is 0 Å². The van der Waals surface area contributed by atoms with Gasteiger partial charge in [0.25, 0.3) is 0 Å². The summed E-state index contributed by atoms with van der Waals surface area (Å²) in [5.41, 5.74) is 2.58. The Bertz CT molecular complexity index is 1320. The van der Waals surface area contributed by atoms with Crippen LogP contribution < -0.4 is 10.5 Å². The topological polar surface area (TPSA) is 124 Å². The summed E-state index contributed by atoms with van der Waals surface area (Å²) in [4.78, 5) is 22.3. The number of aromatic nitrogens is 2. The first-order valence-corrected chi connectivity index (χ1v) is 13.6. The van der Waals surface area contributed by atoms with Gasteiger partial charge in [0.2, 0.25) is 5.78 Å². The molecular weight excluding hydrogens is 496 g/mol. The van der Waals surface area contributed by atoms with Crippen LogP contribution in [-0.4, -0.2) is 36.8 Å². The summed E-state index contributed by atoms with van der Waals surface area (Å²) in [6.07, 6.45) is 5.38. The van der Waals surface area contributed by atoms with Crippen molar-refractivity contribution in [3.63, 3.8) is 0 Å². The number of ketones is 1. The van der Waals surface area contributed by atoms with Crippen LogP contribution in [0.4, 0.5) is 5.82 Å². The van der Waals surface area contributed by atoms with E-state index < -0.39 is 10.3 Å². The number of hydrogen-bond acceptors (Lipinski definition) is 8. The second-order valence-corrected chi connectivity index (χ2v) is 11.4. The molecule has 0 radical (unpaired) electrons. The molecule has 0 aliphatic heterocycles. The third kappa shape index (κ3) is 5.31. The number of anilines is 1. The maximum absolute atomic E-state index is 13.3. The Morgan fingerprint density at radius 1 is 1.24 bits per heavy atom. The van der Waals surface area contributed by atoms with Crippen molar-refractivity contribution >= 4 is 44.8 Å². The summed E-state index contributed by atoms with van der Waals surface area (Å²) in [7, 11) is -3.91. The van der Waals surface area contributed by atoms with Gasteiger partial charge in [-0.1, -0.05) is 23.7 Å². The summed E-state index contributed by atoms with van der Waals surface area (Å²) in [6.45, 7) is 0.117. The maximum atomic E-state index is 13.3. The molecule has 2 aromatic heterocycles. The average molecular weight is 519 g/mol. The zero-order valence-corrected chi connectivity index (χ0v) is 20.4. The number of carbonyl (C=O) groups is 1. The summed E-state index contributed by atoms with van der Waals surface area (Å²) in [6, 6.07) is 9.80. The van der Waals surface area contributed by atoms with Gasteiger partial charge in [-0.15, -0.1) is 11.3 Å².